The Morgan fingerprint density at radius 3 is 1.58 bits per heavy atom. The number of ether oxygens (including phenoxy) is 6. The van der Waals surface area contributed by atoms with Gasteiger partial charge >= 0.3 is 11.9 Å². The molecule has 15 nitrogen and oxygen atoms in total. The summed E-state index contributed by atoms with van der Waals surface area (Å²) in [4.78, 5) is 25.6. The Labute approximate surface area is 388 Å². The van der Waals surface area contributed by atoms with Gasteiger partial charge in [-0.05, 0) is 57.8 Å². The number of unbranched alkanes of at least 4 members (excludes halogenated alkanes) is 16. The summed E-state index contributed by atoms with van der Waals surface area (Å²) in [6.07, 6.45) is 23.1. The van der Waals surface area contributed by atoms with Gasteiger partial charge in [0.2, 0.25) is 0 Å². The van der Waals surface area contributed by atoms with Crippen molar-refractivity contribution in [3.8, 4) is 0 Å². The van der Waals surface area contributed by atoms with Crippen LogP contribution in [0.5, 0.6) is 0 Å². The Kier molecular flexibility index (Phi) is 33.7. The van der Waals surface area contributed by atoms with Gasteiger partial charge in [-0.1, -0.05) is 140 Å². The predicted molar refractivity (Wildman–Crippen MR) is 247 cm³/mol. The molecule has 7 N–H and O–H groups in total. The van der Waals surface area contributed by atoms with Crippen molar-refractivity contribution in [3.63, 3.8) is 0 Å². The number of carbonyl (C=O) groups excluding carboxylic acids is 2. The van der Waals surface area contributed by atoms with Crippen molar-refractivity contribution in [3.05, 3.63) is 48.6 Å². The summed E-state index contributed by atoms with van der Waals surface area (Å²) >= 11 is 0. The van der Waals surface area contributed by atoms with Crippen LogP contribution in [0.1, 0.15) is 162 Å². The van der Waals surface area contributed by atoms with Crippen LogP contribution in [0.15, 0.2) is 48.6 Å². The zero-order chi connectivity index (χ0) is 47.5. The average Bonchev–Trinajstić information content (AvgIpc) is 3.30. The molecule has 2 saturated heterocycles. The largest absolute Gasteiger partial charge is 0.462 e. The molecule has 0 aliphatic carbocycles. The number of hydrogen-bond acceptors (Lipinski definition) is 15. The first-order valence-corrected chi connectivity index (χ1v) is 24.7. The molecule has 0 spiro atoms. The summed E-state index contributed by atoms with van der Waals surface area (Å²) in [6, 6.07) is 0. The smallest absolute Gasteiger partial charge is 0.306 e. The quantitative estimate of drug-likeness (QED) is 0.0157. The number of aliphatic hydroxyl groups is 7. The molecule has 2 rings (SSSR count). The first kappa shape index (κ1) is 58.6. The zero-order valence-electron chi connectivity index (χ0n) is 39.5. The summed E-state index contributed by atoms with van der Waals surface area (Å²) in [5, 5.41) is 71.9. The number of rotatable bonds is 37. The second kappa shape index (κ2) is 37.4. The normalized spacial score (nSPS) is 26.8. The maximum atomic E-state index is 12.9. The number of aliphatic hydroxyl groups excluding tert-OH is 7. The SMILES string of the molecule is CCCCCCCC/C=C/C/C=C/CCC(=O)OC(COC(=O)CCCCC/C=C/C=C/CCCCCCCCC)CO[C@@H]1O[C@H](CO[C@@H]2O[C@H](CO)[C@H](O)C(O)C2O)[C@H](O)C(O)C1O. The molecular formula is C50H86O15. The summed E-state index contributed by atoms with van der Waals surface area (Å²) < 4.78 is 33.4. The van der Waals surface area contributed by atoms with E-state index in [4.69, 9.17) is 28.4 Å². The van der Waals surface area contributed by atoms with E-state index in [-0.39, 0.29) is 19.4 Å². The molecule has 0 bridgehead atoms. The fourth-order valence-electron chi connectivity index (χ4n) is 7.44. The van der Waals surface area contributed by atoms with Crippen LogP contribution in [-0.4, -0.2) is 142 Å². The van der Waals surface area contributed by atoms with E-state index in [1.54, 1.807) is 0 Å². The molecule has 0 aromatic rings. The molecule has 2 heterocycles. The maximum Gasteiger partial charge on any atom is 0.306 e. The zero-order valence-corrected chi connectivity index (χ0v) is 39.5. The van der Waals surface area contributed by atoms with Crippen molar-refractivity contribution in [2.75, 3.05) is 26.4 Å². The van der Waals surface area contributed by atoms with Crippen molar-refractivity contribution < 1.29 is 73.8 Å². The predicted octanol–water partition coefficient (Wildman–Crippen LogP) is 6.32. The minimum atomic E-state index is -1.78. The lowest BCUT2D eigenvalue weighted by Crippen LogP contribution is -2.61. The van der Waals surface area contributed by atoms with Gasteiger partial charge in [-0.25, -0.2) is 0 Å². The Morgan fingerprint density at radius 2 is 1.00 bits per heavy atom. The first-order valence-electron chi connectivity index (χ1n) is 24.7. The Bertz CT molecular complexity index is 1320. The fraction of sp³-hybridized carbons (Fsp3) is 0.800. The summed E-state index contributed by atoms with van der Waals surface area (Å²) in [5.41, 5.74) is 0. The van der Waals surface area contributed by atoms with E-state index in [1.165, 1.54) is 83.5 Å². The van der Waals surface area contributed by atoms with Gasteiger partial charge in [-0.2, -0.15) is 0 Å². The highest BCUT2D eigenvalue weighted by Gasteiger charge is 2.47. The van der Waals surface area contributed by atoms with E-state index < -0.39 is 99.3 Å². The molecule has 5 unspecified atom stereocenters. The molecular weight excluding hydrogens is 841 g/mol. The molecule has 0 radical (unpaired) electrons. The topological polar surface area (TPSA) is 231 Å². The molecule has 0 saturated carbocycles. The summed E-state index contributed by atoms with van der Waals surface area (Å²) in [6.45, 7) is 2.47. The van der Waals surface area contributed by atoms with E-state index >= 15 is 0 Å². The van der Waals surface area contributed by atoms with Gasteiger partial charge in [0.15, 0.2) is 18.7 Å². The lowest BCUT2D eigenvalue weighted by molar-refractivity contribution is -0.332. The second-order valence-electron chi connectivity index (χ2n) is 17.3. The molecule has 0 amide bonds. The Morgan fingerprint density at radius 1 is 0.508 bits per heavy atom. The van der Waals surface area contributed by atoms with Gasteiger partial charge < -0.3 is 64.2 Å². The van der Waals surface area contributed by atoms with E-state index in [1.807, 2.05) is 12.2 Å². The van der Waals surface area contributed by atoms with Crippen LogP contribution in [0.4, 0.5) is 0 Å². The minimum absolute atomic E-state index is 0.0523. The van der Waals surface area contributed by atoms with Crippen LogP contribution in [0.25, 0.3) is 0 Å². The number of allylic oxidation sites excluding steroid dienone is 8. The lowest BCUT2D eigenvalue weighted by Gasteiger charge is -2.42. The molecule has 11 atom stereocenters. The van der Waals surface area contributed by atoms with Crippen molar-refractivity contribution in [1.29, 1.82) is 0 Å². The number of hydrogen-bond donors (Lipinski definition) is 7. The van der Waals surface area contributed by atoms with Gasteiger partial charge in [0.05, 0.1) is 19.8 Å². The number of carbonyl (C=O) groups is 2. The summed E-state index contributed by atoms with van der Waals surface area (Å²) in [5.74, 6) is -1.04. The highest BCUT2D eigenvalue weighted by atomic mass is 16.7. The molecule has 376 valence electrons. The highest BCUT2D eigenvalue weighted by Crippen LogP contribution is 2.26. The monoisotopic (exact) mass is 927 g/mol. The van der Waals surface area contributed by atoms with Crippen molar-refractivity contribution in [2.45, 2.75) is 229 Å². The third-order valence-electron chi connectivity index (χ3n) is 11.6. The Hall–Kier alpha value is -2.54. The van der Waals surface area contributed by atoms with Gasteiger partial charge in [0.1, 0.15) is 55.4 Å². The molecule has 2 aliphatic rings. The van der Waals surface area contributed by atoms with E-state index in [9.17, 15) is 45.3 Å². The third kappa shape index (κ3) is 26.0. The molecule has 0 aromatic heterocycles. The highest BCUT2D eigenvalue weighted by molar-refractivity contribution is 5.70. The standard InChI is InChI=1S/C50H86O15/c1-3-5-7-9-11-13-15-17-18-19-21-22-24-26-28-30-32-41(52)60-35-38(63-42(53)33-31-29-27-25-23-20-16-14-12-10-8-6-4-2)36-61-49-48(59)46(57)44(55)40(65-49)37-62-50-47(58)45(56)43(54)39(34-51)64-50/h18-23,27,29,38-40,43-51,54-59H,3-17,24-26,28,30-37H2,1-2H3/b19-18+,22-21+,23-20+,29-27+/t38?,39-,40-,43+,44+,45?,46?,47?,48?,49-,50-/m1/s1. The third-order valence-corrected chi connectivity index (χ3v) is 11.6. The van der Waals surface area contributed by atoms with Crippen LogP contribution >= 0.6 is 0 Å². The maximum absolute atomic E-state index is 12.9. The van der Waals surface area contributed by atoms with Crippen molar-refractivity contribution >= 4 is 11.9 Å². The van der Waals surface area contributed by atoms with Gasteiger partial charge in [-0.15, -0.1) is 0 Å². The lowest BCUT2D eigenvalue weighted by atomic mass is 9.98. The summed E-state index contributed by atoms with van der Waals surface area (Å²) in [7, 11) is 0. The van der Waals surface area contributed by atoms with Gasteiger partial charge in [-0.3, -0.25) is 9.59 Å². The van der Waals surface area contributed by atoms with Crippen molar-refractivity contribution in [1.82, 2.24) is 0 Å². The van der Waals surface area contributed by atoms with Crippen LogP contribution in [0, 0.1) is 0 Å². The van der Waals surface area contributed by atoms with E-state index in [0.29, 0.717) is 12.8 Å². The molecule has 2 fully saturated rings. The van der Waals surface area contributed by atoms with Crippen LogP contribution < -0.4 is 0 Å². The average molecular weight is 927 g/mol. The van der Waals surface area contributed by atoms with Crippen molar-refractivity contribution in [2.24, 2.45) is 0 Å². The minimum Gasteiger partial charge on any atom is -0.462 e. The molecule has 65 heavy (non-hydrogen) atoms. The number of esters is 2. The fourth-order valence-corrected chi connectivity index (χ4v) is 7.44. The molecule has 2 aliphatic heterocycles. The second-order valence-corrected chi connectivity index (χ2v) is 17.3. The molecule has 15 heteroatoms. The van der Waals surface area contributed by atoms with Gasteiger partial charge in [0.25, 0.3) is 0 Å². The van der Waals surface area contributed by atoms with Crippen LogP contribution in [0.3, 0.4) is 0 Å². The van der Waals surface area contributed by atoms with Crippen LogP contribution in [0.2, 0.25) is 0 Å². The Balaban J connectivity index is 1.86. The van der Waals surface area contributed by atoms with E-state index in [0.717, 1.165) is 38.5 Å². The molecule has 0 aromatic carbocycles. The van der Waals surface area contributed by atoms with Gasteiger partial charge in [0, 0.05) is 12.8 Å². The van der Waals surface area contributed by atoms with E-state index in [2.05, 4.69) is 50.3 Å². The first-order chi connectivity index (χ1) is 31.5. The van der Waals surface area contributed by atoms with Crippen LogP contribution in [-0.2, 0) is 38.0 Å².